The molecule has 0 aliphatic carbocycles. The van der Waals surface area contributed by atoms with Crippen molar-refractivity contribution < 1.29 is 17.6 Å². The maximum Gasteiger partial charge on any atom is 0.264 e. The quantitative estimate of drug-likeness (QED) is 0.225. The smallest absolute Gasteiger partial charge is 0.264 e. The number of carbonyl (C=O) groups is 1. The molecule has 37 heavy (non-hydrogen) atoms. The first-order chi connectivity index (χ1) is 17.7. The summed E-state index contributed by atoms with van der Waals surface area (Å²) in [6.45, 7) is 4.86. The van der Waals surface area contributed by atoms with Gasteiger partial charge in [-0.1, -0.05) is 49.2 Å². The fourth-order valence-electron chi connectivity index (χ4n) is 4.30. The van der Waals surface area contributed by atoms with Crippen LogP contribution in [0.3, 0.4) is 0 Å². The van der Waals surface area contributed by atoms with E-state index in [9.17, 15) is 13.2 Å². The molecule has 0 bridgehead atoms. The maximum absolute atomic E-state index is 13.7. The Balaban J connectivity index is 1.69. The van der Waals surface area contributed by atoms with E-state index >= 15 is 0 Å². The lowest BCUT2D eigenvalue weighted by Crippen LogP contribution is -2.36. The molecule has 0 N–H and O–H groups in total. The SMILES string of the molecule is CCCCc1oc2ccccc2c1C(=O)c1ccc(N(CCN(C)C)S(=O)(=O)c2ccc(C)cc2)cc1. The van der Waals surface area contributed by atoms with Crippen molar-refractivity contribution >= 4 is 32.5 Å². The number of ketones is 1. The highest BCUT2D eigenvalue weighted by Crippen LogP contribution is 2.31. The number of unbranched alkanes of at least 4 members (excludes halogenated alkanes) is 1. The van der Waals surface area contributed by atoms with E-state index in [2.05, 4.69) is 6.92 Å². The number of fused-ring (bicyclic) bond motifs is 1. The van der Waals surface area contributed by atoms with Gasteiger partial charge in [0.2, 0.25) is 0 Å². The fourth-order valence-corrected chi connectivity index (χ4v) is 5.75. The number of rotatable bonds is 11. The summed E-state index contributed by atoms with van der Waals surface area (Å²) >= 11 is 0. The highest BCUT2D eigenvalue weighted by atomic mass is 32.2. The van der Waals surface area contributed by atoms with Gasteiger partial charge < -0.3 is 9.32 Å². The molecule has 0 aliphatic heterocycles. The minimum atomic E-state index is -3.78. The Morgan fingerprint density at radius 1 is 0.892 bits per heavy atom. The van der Waals surface area contributed by atoms with Crippen molar-refractivity contribution in [1.82, 2.24) is 4.90 Å². The number of para-hydroxylation sites is 1. The van der Waals surface area contributed by atoms with E-state index in [1.165, 1.54) is 4.31 Å². The lowest BCUT2D eigenvalue weighted by atomic mass is 9.98. The van der Waals surface area contributed by atoms with E-state index in [1.54, 1.807) is 48.5 Å². The molecule has 4 rings (SSSR count). The van der Waals surface area contributed by atoms with Crippen molar-refractivity contribution in [3.8, 4) is 0 Å². The summed E-state index contributed by atoms with van der Waals surface area (Å²) in [7, 11) is 0.0312. The molecule has 6 nitrogen and oxygen atoms in total. The van der Waals surface area contributed by atoms with Crippen molar-refractivity contribution in [2.24, 2.45) is 0 Å². The molecule has 0 saturated heterocycles. The van der Waals surface area contributed by atoms with Gasteiger partial charge in [0, 0.05) is 30.5 Å². The van der Waals surface area contributed by atoms with Crippen LogP contribution in [-0.2, 0) is 16.4 Å². The van der Waals surface area contributed by atoms with Gasteiger partial charge in [0.1, 0.15) is 11.3 Å². The summed E-state index contributed by atoms with van der Waals surface area (Å²) in [5, 5.41) is 0.803. The average molecular weight is 519 g/mol. The van der Waals surface area contributed by atoms with Gasteiger partial charge in [-0.3, -0.25) is 9.10 Å². The van der Waals surface area contributed by atoms with Crippen molar-refractivity contribution in [1.29, 1.82) is 0 Å². The molecule has 0 fully saturated rings. The average Bonchev–Trinajstić information content (AvgIpc) is 3.25. The van der Waals surface area contributed by atoms with Crippen LogP contribution in [0.4, 0.5) is 5.69 Å². The van der Waals surface area contributed by atoms with Crippen LogP contribution in [0.2, 0.25) is 0 Å². The van der Waals surface area contributed by atoms with E-state index in [-0.39, 0.29) is 17.2 Å². The van der Waals surface area contributed by atoms with Crippen LogP contribution in [0.5, 0.6) is 0 Å². The van der Waals surface area contributed by atoms with Crippen molar-refractivity contribution in [3.63, 3.8) is 0 Å². The van der Waals surface area contributed by atoms with Crippen LogP contribution < -0.4 is 4.31 Å². The van der Waals surface area contributed by atoms with Gasteiger partial charge in [0.25, 0.3) is 10.0 Å². The summed E-state index contributed by atoms with van der Waals surface area (Å²) in [6, 6.07) is 21.3. The molecule has 0 atom stereocenters. The topological polar surface area (TPSA) is 70.8 Å². The third kappa shape index (κ3) is 5.78. The molecule has 0 saturated carbocycles. The highest BCUT2D eigenvalue weighted by molar-refractivity contribution is 7.92. The van der Waals surface area contributed by atoms with Gasteiger partial charge >= 0.3 is 0 Å². The Kier molecular flexibility index (Phi) is 8.15. The number of furan rings is 1. The first kappa shape index (κ1) is 26.6. The molecule has 0 amide bonds. The van der Waals surface area contributed by atoms with E-state index in [4.69, 9.17) is 4.42 Å². The third-order valence-corrected chi connectivity index (χ3v) is 8.27. The molecule has 3 aromatic carbocycles. The molecule has 194 valence electrons. The zero-order valence-corrected chi connectivity index (χ0v) is 22.7. The zero-order chi connectivity index (χ0) is 26.6. The molecular weight excluding hydrogens is 484 g/mol. The van der Waals surface area contributed by atoms with Crippen LogP contribution >= 0.6 is 0 Å². The number of hydrogen-bond donors (Lipinski definition) is 0. The number of nitrogens with zero attached hydrogens (tertiary/aromatic N) is 2. The normalized spacial score (nSPS) is 11.8. The minimum Gasteiger partial charge on any atom is -0.460 e. The van der Waals surface area contributed by atoms with E-state index in [0.717, 1.165) is 23.8 Å². The van der Waals surface area contributed by atoms with Gasteiger partial charge in [-0.25, -0.2) is 8.42 Å². The first-order valence-electron chi connectivity index (χ1n) is 12.6. The van der Waals surface area contributed by atoms with Crippen molar-refractivity contribution in [3.05, 3.63) is 95.2 Å². The Morgan fingerprint density at radius 2 is 1.57 bits per heavy atom. The number of anilines is 1. The van der Waals surface area contributed by atoms with Crippen LogP contribution in [0.15, 0.2) is 82.1 Å². The largest absolute Gasteiger partial charge is 0.460 e. The first-order valence-corrected chi connectivity index (χ1v) is 14.1. The molecule has 7 heteroatoms. The molecule has 0 spiro atoms. The molecule has 0 unspecified atom stereocenters. The zero-order valence-electron chi connectivity index (χ0n) is 21.9. The maximum atomic E-state index is 13.7. The van der Waals surface area contributed by atoms with E-state index in [1.807, 2.05) is 50.2 Å². The number of hydrogen-bond acceptors (Lipinski definition) is 5. The lowest BCUT2D eigenvalue weighted by molar-refractivity contribution is 0.103. The summed E-state index contributed by atoms with van der Waals surface area (Å²) in [6.07, 6.45) is 2.62. The molecule has 0 aliphatic rings. The van der Waals surface area contributed by atoms with Gasteiger partial charge in [-0.05, 0) is 69.9 Å². The Labute approximate surface area is 219 Å². The van der Waals surface area contributed by atoms with E-state index < -0.39 is 10.0 Å². The summed E-state index contributed by atoms with van der Waals surface area (Å²) < 4.78 is 34.6. The monoisotopic (exact) mass is 518 g/mol. The molecule has 1 heterocycles. The number of likely N-dealkylation sites (N-methyl/N-ethyl adjacent to an activating group) is 1. The lowest BCUT2D eigenvalue weighted by Gasteiger charge is -2.26. The van der Waals surface area contributed by atoms with Gasteiger partial charge in [0.05, 0.1) is 16.1 Å². The standard InChI is InChI=1S/C30H34N2O4S/c1-5-6-10-28-29(26-9-7-8-11-27(26)36-28)30(33)23-14-16-24(17-15-23)32(21-20-31(3)4)37(34,35)25-18-12-22(2)13-19-25/h7-9,11-19H,5-6,10,20-21H2,1-4H3. The predicted octanol–water partition coefficient (Wildman–Crippen LogP) is 6.07. The summed E-state index contributed by atoms with van der Waals surface area (Å²) in [4.78, 5) is 15.8. The number of sulfonamides is 1. The summed E-state index contributed by atoms with van der Waals surface area (Å²) in [5.41, 5.74) is 3.29. The predicted molar refractivity (Wildman–Crippen MR) is 149 cm³/mol. The number of carbonyl (C=O) groups excluding carboxylic acids is 1. The van der Waals surface area contributed by atoms with E-state index in [0.29, 0.717) is 41.1 Å². The Morgan fingerprint density at radius 3 is 2.22 bits per heavy atom. The van der Waals surface area contributed by atoms with Crippen LogP contribution in [0.1, 0.15) is 47.0 Å². The molecular formula is C30H34N2O4S. The number of benzene rings is 3. The molecule has 1 aromatic heterocycles. The summed E-state index contributed by atoms with van der Waals surface area (Å²) in [5.74, 6) is 0.579. The molecule has 0 radical (unpaired) electrons. The number of aryl methyl sites for hydroxylation is 2. The van der Waals surface area contributed by atoms with Crippen LogP contribution in [0, 0.1) is 6.92 Å². The third-order valence-electron chi connectivity index (χ3n) is 6.43. The van der Waals surface area contributed by atoms with Crippen molar-refractivity contribution in [2.45, 2.75) is 38.0 Å². The Hall–Kier alpha value is -3.42. The van der Waals surface area contributed by atoms with Crippen LogP contribution in [-0.4, -0.2) is 46.3 Å². The van der Waals surface area contributed by atoms with Gasteiger partial charge in [-0.2, -0.15) is 0 Å². The van der Waals surface area contributed by atoms with Gasteiger partial charge in [0.15, 0.2) is 5.78 Å². The second kappa shape index (κ2) is 11.3. The minimum absolute atomic E-state index is 0.121. The second-order valence-corrected chi connectivity index (χ2v) is 11.4. The fraction of sp³-hybridized carbons (Fsp3) is 0.300. The van der Waals surface area contributed by atoms with Crippen molar-refractivity contribution in [2.75, 3.05) is 31.5 Å². The highest BCUT2D eigenvalue weighted by Gasteiger charge is 2.26. The van der Waals surface area contributed by atoms with Gasteiger partial charge in [-0.15, -0.1) is 0 Å². The Bertz CT molecular complexity index is 1470. The second-order valence-electron chi connectivity index (χ2n) is 9.57. The van der Waals surface area contributed by atoms with Crippen LogP contribution in [0.25, 0.3) is 11.0 Å². The molecule has 4 aromatic rings.